The molecule has 0 saturated heterocycles. The van der Waals surface area contributed by atoms with Crippen LogP contribution in [-0.2, 0) is 21.3 Å². The van der Waals surface area contributed by atoms with E-state index in [4.69, 9.17) is 4.18 Å². The zero-order valence-corrected chi connectivity index (χ0v) is 16.0. The molecule has 0 N–H and O–H groups in total. The molecule has 6 heteroatoms. The summed E-state index contributed by atoms with van der Waals surface area (Å²) in [6.45, 7) is 6.18. The van der Waals surface area contributed by atoms with Crippen molar-refractivity contribution in [3.8, 4) is 5.75 Å². The molecule has 0 bridgehead atoms. The van der Waals surface area contributed by atoms with Gasteiger partial charge in [-0.05, 0) is 54.2 Å². The lowest BCUT2D eigenvalue weighted by molar-refractivity contribution is -0.116. The minimum Gasteiger partial charge on any atom is -0.379 e. The molecule has 1 amide bonds. The number of fused-ring (bicyclic) bond motifs is 1. The molecule has 0 spiro atoms. The average molecular weight is 373 g/mol. The van der Waals surface area contributed by atoms with Gasteiger partial charge < -0.3 is 9.08 Å². The summed E-state index contributed by atoms with van der Waals surface area (Å²) in [4.78, 5) is 13.4. The van der Waals surface area contributed by atoms with Gasteiger partial charge >= 0.3 is 10.1 Å². The fourth-order valence-corrected chi connectivity index (χ4v) is 4.22. The molecular formula is C20H23NO4S. The number of carbonyl (C=O) groups excluding carboxylic acids is 1. The maximum Gasteiger partial charge on any atom is 0.339 e. The van der Waals surface area contributed by atoms with Crippen LogP contribution < -0.4 is 9.08 Å². The van der Waals surface area contributed by atoms with Crippen LogP contribution in [0.3, 0.4) is 0 Å². The highest BCUT2D eigenvalue weighted by Gasteiger charge is 2.26. The number of para-hydroxylation sites is 1. The normalized spacial score (nSPS) is 14.8. The summed E-state index contributed by atoms with van der Waals surface area (Å²) in [6, 6.07) is 12.0. The van der Waals surface area contributed by atoms with Crippen LogP contribution in [0.15, 0.2) is 47.4 Å². The second kappa shape index (κ2) is 7.11. The molecular weight excluding hydrogens is 350 g/mol. The molecule has 5 nitrogen and oxygen atoms in total. The van der Waals surface area contributed by atoms with Crippen LogP contribution in [0.1, 0.15) is 44.2 Å². The molecule has 0 radical (unpaired) electrons. The number of rotatable bonds is 5. The summed E-state index contributed by atoms with van der Waals surface area (Å²) in [6.07, 6.45) is 1.53. The van der Waals surface area contributed by atoms with Gasteiger partial charge in [-0.1, -0.05) is 32.0 Å². The minimum atomic E-state index is -3.94. The summed E-state index contributed by atoms with van der Waals surface area (Å²) in [7, 11) is -3.94. The van der Waals surface area contributed by atoms with Crippen molar-refractivity contribution in [2.75, 3.05) is 11.4 Å². The molecule has 0 saturated carbocycles. The fraction of sp³-hybridized carbons (Fsp3) is 0.350. The maximum atomic E-state index is 12.8. The largest absolute Gasteiger partial charge is 0.379 e. The molecule has 1 aliphatic heterocycles. The molecule has 1 aliphatic rings. The SMILES string of the molecule is CCC(C)c1ccccc1OS(=O)(=O)c1ccc2c(c1)CCN2C(C)=O. The van der Waals surface area contributed by atoms with Gasteiger partial charge in [0.25, 0.3) is 0 Å². The Kier molecular flexibility index (Phi) is 5.05. The third kappa shape index (κ3) is 3.46. The summed E-state index contributed by atoms with van der Waals surface area (Å²) < 4.78 is 31.0. The molecule has 26 heavy (non-hydrogen) atoms. The molecule has 2 aromatic carbocycles. The Labute approximate surface area is 154 Å². The van der Waals surface area contributed by atoms with Crippen LogP contribution in [0, 0.1) is 0 Å². The van der Waals surface area contributed by atoms with Crippen molar-refractivity contribution in [2.45, 2.75) is 44.4 Å². The number of carbonyl (C=O) groups is 1. The van der Waals surface area contributed by atoms with Crippen LogP contribution in [0.2, 0.25) is 0 Å². The van der Waals surface area contributed by atoms with Crippen molar-refractivity contribution in [2.24, 2.45) is 0 Å². The summed E-state index contributed by atoms with van der Waals surface area (Å²) in [5.74, 6) is 0.524. The lowest BCUT2D eigenvalue weighted by Gasteiger charge is -2.16. The highest BCUT2D eigenvalue weighted by molar-refractivity contribution is 7.87. The van der Waals surface area contributed by atoms with Gasteiger partial charge in [-0.25, -0.2) is 0 Å². The number of anilines is 1. The average Bonchev–Trinajstić information content (AvgIpc) is 3.04. The van der Waals surface area contributed by atoms with E-state index in [0.717, 1.165) is 23.2 Å². The van der Waals surface area contributed by atoms with Crippen molar-refractivity contribution in [1.82, 2.24) is 0 Å². The highest BCUT2D eigenvalue weighted by Crippen LogP contribution is 2.33. The standard InChI is InChI=1S/C20H23NO4S/c1-4-14(2)18-7-5-6-8-20(18)25-26(23,24)17-9-10-19-16(13-17)11-12-21(19)15(3)22/h5-10,13-14H,4,11-12H2,1-3H3. The van der Waals surface area contributed by atoms with E-state index in [9.17, 15) is 13.2 Å². The summed E-state index contributed by atoms with van der Waals surface area (Å²) >= 11 is 0. The summed E-state index contributed by atoms with van der Waals surface area (Å²) in [5, 5.41) is 0. The van der Waals surface area contributed by atoms with E-state index in [1.165, 1.54) is 13.0 Å². The van der Waals surface area contributed by atoms with Crippen molar-refractivity contribution in [3.05, 3.63) is 53.6 Å². The van der Waals surface area contributed by atoms with Gasteiger partial charge in [-0.15, -0.1) is 0 Å². The van der Waals surface area contributed by atoms with Gasteiger partial charge in [0.05, 0.1) is 0 Å². The molecule has 1 heterocycles. The van der Waals surface area contributed by atoms with Crippen molar-refractivity contribution < 1.29 is 17.4 Å². The molecule has 2 aromatic rings. The molecule has 0 aromatic heterocycles. The molecule has 1 atom stereocenters. The van der Waals surface area contributed by atoms with E-state index in [0.29, 0.717) is 18.7 Å². The predicted octanol–water partition coefficient (Wildman–Crippen LogP) is 3.88. The number of amides is 1. The number of benzene rings is 2. The van der Waals surface area contributed by atoms with Gasteiger partial charge in [-0.2, -0.15) is 8.42 Å². The quantitative estimate of drug-likeness (QED) is 0.746. The Bertz CT molecular complexity index is 937. The van der Waals surface area contributed by atoms with Crippen molar-refractivity contribution in [1.29, 1.82) is 0 Å². The van der Waals surface area contributed by atoms with Gasteiger partial charge in [0.15, 0.2) is 0 Å². The molecule has 3 rings (SSSR count). The second-order valence-electron chi connectivity index (χ2n) is 6.60. The van der Waals surface area contributed by atoms with Crippen LogP contribution in [0.25, 0.3) is 0 Å². The first-order chi connectivity index (χ1) is 12.3. The van der Waals surface area contributed by atoms with Crippen LogP contribution >= 0.6 is 0 Å². The zero-order valence-electron chi connectivity index (χ0n) is 15.2. The molecule has 138 valence electrons. The Morgan fingerprint density at radius 3 is 2.65 bits per heavy atom. The number of nitrogens with zero attached hydrogens (tertiary/aromatic N) is 1. The molecule has 0 aliphatic carbocycles. The van der Waals surface area contributed by atoms with E-state index >= 15 is 0 Å². The Morgan fingerprint density at radius 1 is 1.23 bits per heavy atom. The monoisotopic (exact) mass is 373 g/mol. The third-order valence-electron chi connectivity index (χ3n) is 4.88. The van der Waals surface area contributed by atoms with Gasteiger partial charge in [-0.3, -0.25) is 4.79 Å². The van der Waals surface area contributed by atoms with Crippen LogP contribution in [0.5, 0.6) is 5.75 Å². The zero-order chi connectivity index (χ0) is 18.9. The smallest absolute Gasteiger partial charge is 0.339 e. The maximum absolute atomic E-state index is 12.8. The first-order valence-corrected chi connectivity index (χ1v) is 10.2. The Morgan fingerprint density at radius 2 is 1.96 bits per heavy atom. The first kappa shape index (κ1) is 18.5. The van der Waals surface area contributed by atoms with E-state index < -0.39 is 10.1 Å². The van der Waals surface area contributed by atoms with Crippen molar-refractivity contribution in [3.63, 3.8) is 0 Å². The topological polar surface area (TPSA) is 63.7 Å². The van der Waals surface area contributed by atoms with Crippen LogP contribution in [0.4, 0.5) is 5.69 Å². The second-order valence-corrected chi connectivity index (χ2v) is 8.14. The number of hydrogen-bond donors (Lipinski definition) is 0. The Hall–Kier alpha value is -2.34. The first-order valence-electron chi connectivity index (χ1n) is 8.78. The fourth-order valence-electron chi connectivity index (χ4n) is 3.21. The van der Waals surface area contributed by atoms with Gasteiger partial charge in [0.2, 0.25) is 5.91 Å². The highest BCUT2D eigenvalue weighted by atomic mass is 32.2. The van der Waals surface area contributed by atoms with E-state index in [1.54, 1.807) is 29.2 Å². The van der Waals surface area contributed by atoms with Gasteiger partial charge in [0, 0.05) is 19.2 Å². The third-order valence-corrected chi connectivity index (χ3v) is 6.11. The predicted molar refractivity (Wildman–Crippen MR) is 101 cm³/mol. The number of hydrogen-bond acceptors (Lipinski definition) is 4. The van der Waals surface area contributed by atoms with Gasteiger partial charge in [0.1, 0.15) is 10.6 Å². The lowest BCUT2D eigenvalue weighted by atomic mass is 9.98. The Balaban J connectivity index is 1.92. The van der Waals surface area contributed by atoms with E-state index in [1.807, 2.05) is 19.1 Å². The van der Waals surface area contributed by atoms with E-state index in [-0.39, 0.29) is 16.7 Å². The minimum absolute atomic E-state index is 0.0434. The van der Waals surface area contributed by atoms with Crippen LogP contribution in [-0.4, -0.2) is 20.9 Å². The lowest BCUT2D eigenvalue weighted by Crippen LogP contribution is -2.25. The molecule has 0 fully saturated rings. The van der Waals surface area contributed by atoms with E-state index in [2.05, 4.69) is 6.92 Å². The molecule has 1 unspecified atom stereocenters. The van der Waals surface area contributed by atoms with Crippen molar-refractivity contribution >= 4 is 21.7 Å². The summed E-state index contributed by atoms with van der Waals surface area (Å²) in [5.41, 5.74) is 2.50.